The van der Waals surface area contributed by atoms with E-state index in [1.54, 1.807) is 0 Å². The van der Waals surface area contributed by atoms with Gasteiger partial charge in [-0.2, -0.15) is 5.06 Å². The van der Waals surface area contributed by atoms with Crippen LogP contribution in [-0.4, -0.2) is 69.5 Å². The van der Waals surface area contributed by atoms with Gasteiger partial charge >= 0.3 is 11.9 Å². The van der Waals surface area contributed by atoms with Crippen LogP contribution in [0.1, 0.15) is 87.5 Å². The molecule has 3 aliphatic rings. The number of piperidine rings is 2. The fourth-order valence-electron chi connectivity index (χ4n) is 5.93. The number of rotatable bonds is 5. The Balaban J connectivity index is 1.77. The van der Waals surface area contributed by atoms with Crippen LogP contribution in [0.5, 0.6) is 0 Å². The maximum Gasteiger partial charge on any atom is 0.321 e. The molecule has 0 amide bonds. The van der Waals surface area contributed by atoms with Gasteiger partial charge in [0.2, 0.25) is 0 Å². The van der Waals surface area contributed by atoms with Crippen molar-refractivity contribution in [3.05, 3.63) is 12.2 Å². The molecule has 3 atom stereocenters. The molecule has 3 rings (SSSR count). The van der Waals surface area contributed by atoms with E-state index in [-0.39, 0.29) is 23.1 Å². The van der Waals surface area contributed by atoms with Crippen molar-refractivity contribution >= 4 is 11.9 Å². The Labute approximate surface area is 205 Å². The number of nitrogens with zero attached hydrogens (tertiary/aromatic N) is 2. The van der Waals surface area contributed by atoms with Gasteiger partial charge in [-0.1, -0.05) is 26.0 Å². The number of hydrogen-bond donors (Lipinski definition) is 1. The van der Waals surface area contributed by atoms with E-state index >= 15 is 0 Å². The van der Waals surface area contributed by atoms with Crippen molar-refractivity contribution in [2.24, 2.45) is 17.3 Å². The highest BCUT2D eigenvalue weighted by atomic mass is 16.6. The summed E-state index contributed by atoms with van der Waals surface area (Å²) in [6, 6.07) is 0. The Kier molecular flexibility index (Phi) is 7.36. The molecule has 7 nitrogen and oxygen atoms in total. The molecular formula is C27H46N2O5. The van der Waals surface area contributed by atoms with Gasteiger partial charge in [0.1, 0.15) is 12.2 Å². The number of hydroxylamine groups is 2. The number of allylic oxidation sites excluding steroid dienone is 2. The van der Waals surface area contributed by atoms with Crippen molar-refractivity contribution in [2.75, 3.05) is 13.6 Å². The SMILES string of the molecule is CN1C(C)(C)CC(OC(=O)C(C(=O)OC2CC(C)(C)N(O)CC2(C)C)C2C=CCC2)CC1(C)C. The third-order valence-electron chi connectivity index (χ3n) is 8.61. The Hall–Kier alpha value is -1.44. The molecule has 1 N–H and O–H groups in total. The lowest BCUT2D eigenvalue weighted by molar-refractivity contribution is -0.236. The number of carbonyl (C=O) groups is 2. The van der Waals surface area contributed by atoms with Crippen molar-refractivity contribution in [3.8, 4) is 0 Å². The first-order chi connectivity index (χ1) is 15.5. The molecule has 0 radical (unpaired) electrons. The zero-order chi connectivity index (χ0) is 25.7. The third-order valence-corrected chi connectivity index (χ3v) is 8.61. The number of likely N-dealkylation sites (tertiary alicyclic amines) is 1. The van der Waals surface area contributed by atoms with Crippen LogP contribution in [0, 0.1) is 17.3 Å². The molecule has 0 spiro atoms. The average molecular weight is 479 g/mol. The minimum atomic E-state index is -0.962. The first-order valence-corrected chi connectivity index (χ1v) is 12.7. The van der Waals surface area contributed by atoms with Crippen LogP contribution in [0.3, 0.4) is 0 Å². The van der Waals surface area contributed by atoms with Gasteiger partial charge in [-0.05, 0) is 61.4 Å². The second-order valence-electron chi connectivity index (χ2n) is 13.3. The Morgan fingerprint density at radius 2 is 1.47 bits per heavy atom. The summed E-state index contributed by atoms with van der Waals surface area (Å²) in [4.78, 5) is 29.4. The summed E-state index contributed by atoms with van der Waals surface area (Å²) in [5.41, 5.74) is -1.20. The van der Waals surface area contributed by atoms with Crippen LogP contribution >= 0.6 is 0 Å². The highest BCUT2D eigenvalue weighted by Gasteiger charge is 2.50. The molecule has 7 heteroatoms. The van der Waals surface area contributed by atoms with Gasteiger partial charge in [0.05, 0.1) is 0 Å². The van der Waals surface area contributed by atoms with E-state index < -0.39 is 34.9 Å². The van der Waals surface area contributed by atoms with Crippen molar-refractivity contribution in [2.45, 2.75) is 116 Å². The quantitative estimate of drug-likeness (QED) is 0.352. The van der Waals surface area contributed by atoms with Gasteiger partial charge < -0.3 is 14.7 Å². The lowest BCUT2D eigenvalue weighted by Crippen LogP contribution is -2.60. The van der Waals surface area contributed by atoms with E-state index in [2.05, 4.69) is 39.6 Å². The van der Waals surface area contributed by atoms with Gasteiger partial charge in [-0.3, -0.25) is 14.5 Å². The smallest absolute Gasteiger partial charge is 0.321 e. The number of esters is 2. The van der Waals surface area contributed by atoms with Gasteiger partial charge in [0.15, 0.2) is 5.92 Å². The van der Waals surface area contributed by atoms with Crippen LogP contribution in [0.15, 0.2) is 12.2 Å². The van der Waals surface area contributed by atoms with Crippen LogP contribution in [0.2, 0.25) is 0 Å². The number of hydrogen-bond acceptors (Lipinski definition) is 7. The fourth-order valence-corrected chi connectivity index (χ4v) is 5.93. The standard InChI is InChI=1S/C27H46N2O5/c1-24(2)17-29(32)27(7,8)16-20(24)34-23(31)21(18-12-10-11-13-18)22(30)33-19-14-25(3,4)28(9)26(5,6)15-19/h10,12,18-21,32H,11,13-17H2,1-9H3. The molecule has 2 saturated heterocycles. The molecule has 0 aromatic carbocycles. The molecular weight excluding hydrogens is 432 g/mol. The van der Waals surface area contributed by atoms with Crippen LogP contribution < -0.4 is 0 Å². The highest BCUT2D eigenvalue weighted by molar-refractivity contribution is 5.95. The largest absolute Gasteiger partial charge is 0.462 e. The molecule has 34 heavy (non-hydrogen) atoms. The summed E-state index contributed by atoms with van der Waals surface area (Å²) in [6.45, 7) is 16.9. The van der Waals surface area contributed by atoms with Crippen molar-refractivity contribution in [1.29, 1.82) is 0 Å². The predicted octanol–water partition coefficient (Wildman–Crippen LogP) is 4.57. The zero-order valence-corrected chi connectivity index (χ0v) is 22.7. The molecule has 1 aliphatic carbocycles. The average Bonchev–Trinajstić information content (AvgIpc) is 3.17. The molecule has 2 heterocycles. The minimum Gasteiger partial charge on any atom is -0.462 e. The molecule has 0 bridgehead atoms. The van der Waals surface area contributed by atoms with E-state index in [1.807, 2.05) is 39.8 Å². The maximum atomic E-state index is 13.5. The molecule has 2 aliphatic heterocycles. The number of carbonyl (C=O) groups excluding carboxylic acids is 2. The van der Waals surface area contributed by atoms with Gasteiger partial charge in [-0.15, -0.1) is 0 Å². The van der Waals surface area contributed by atoms with Gasteiger partial charge in [0, 0.05) is 53.8 Å². The van der Waals surface area contributed by atoms with Crippen molar-refractivity contribution in [3.63, 3.8) is 0 Å². The Morgan fingerprint density at radius 1 is 0.912 bits per heavy atom. The molecule has 0 aromatic heterocycles. The lowest BCUT2D eigenvalue weighted by Gasteiger charge is -2.53. The van der Waals surface area contributed by atoms with Gasteiger partial charge in [0.25, 0.3) is 0 Å². The third kappa shape index (κ3) is 5.52. The second-order valence-corrected chi connectivity index (χ2v) is 13.3. The van der Waals surface area contributed by atoms with Crippen LogP contribution in [-0.2, 0) is 19.1 Å². The maximum absolute atomic E-state index is 13.5. The van der Waals surface area contributed by atoms with E-state index in [9.17, 15) is 14.8 Å². The van der Waals surface area contributed by atoms with E-state index in [0.717, 1.165) is 25.7 Å². The summed E-state index contributed by atoms with van der Waals surface area (Å²) in [7, 11) is 2.11. The lowest BCUT2D eigenvalue weighted by atomic mass is 9.75. The van der Waals surface area contributed by atoms with Gasteiger partial charge in [-0.25, -0.2) is 0 Å². The zero-order valence-electron chi connectivity index (χ0n) is 22.7. The minimum absolute atomic E-state index is 0.121. The first-order valence-electron chi connectivity index (χ1n) is 12.7. The van der Waals surface area contributed by atoms with E-state index in [4.69, 9.17) is 9.47 Å². The Bertz CT molecular complexity index is 798. The first kappa shape index (κ1) is 27.2. The summed E-state index contributed by atoms with van der Waals surface area (Å²) in [6.07, 6.45) is 6.84. The molecule has 2 fully saturated rings. The fraction of sp³-hybridized carbons (Fsp3) is 0.852. The van der Waals surface area contributed by atoms with Crippen LogP contribution in [0.25, 0.3) is 0 Å². The van der Waals surface area contributed by atoms with Crippen LogP contribution in [0.4, 0.5) is 0 Å². The molecule has 0 aromatic rings. The highest BCUT2D eigenvalue weighted by Crippen LogP contribution is 2.41. The normalized spacial score (nSPS) is 31.7. The summed E-state index contributed by atoms with van der Waals surface area (Å²) in [5.74, 6) is -2.15. The topological polar surface area (TPSA) is 79.3 Å². The molecule has 0 saturated carbocycles. The van der Waals surface area contributed by atoms with E-state index in [1.165, 1.54) is 5.06 Å². The summed E-state index contributed by atoms with van der Waals surface area (Å²) >= 11 is 0. The second kappa shape index (κ2) is 9.21. The van der Waals surface area contributed by atoms with Crippen molar-refractivity contribution < 1.29 is 24.3 Å². The number of ether oxygens (including phenoxy) is 2. The molecule has 194 valence electrons. The van der Waals surface area contributed by atoms with E-state index in [0.29, 0.717) is 13.0 Å². The summed E-state index contributed by atoms with van der Waals surface area (Å²) in [5, 5.41) is 11.7. The Morgan fingerprint density at radius 3 is 2.00 bits per heavy atom. The molecule has 3 unspecified atom stereocenters. The monoisotopic (exact) mass is 478 g/mol. The van der Waals surface area contributed by atoms with Crippen molar-refractivity contribution in [1.82, 2.24) is 9.96 Å². The summed E-state index contributed by atoms with van der Waals surface area (Å²) < 4.78 is 12.1. The predicted molar refractivity (Wildman–Crippen MR) is 131 cm³/mol.